The van der Waals surface area contributed by atoms with Crippen molar-refractivity contribution in [2.45, 2.75) is 0 Å². The van der Waals surface area contributed by atoms with Gasteiger partial charge in [-0.05, 0) is 47.7 Å². The lowest BCUT2D eigenvalue weighted by Crippen LogP contribution is -2.33. The number of para-hydroxylation sites is 1. The third-order valence-electron chi connectivity index (χ3n) is 4.81. The zero-order valence-corrected chi connectivity index (χ0v) is 18.5. The number of ketones is 1. The zero-order valence-electron chi connectivity index (χ0n) is 17.7. The number of benzene rings is 3. The summed E-state index contributed by atoms with van der Waals surface area (Å²) in [6.07, 6.45) is 1.64. The number of ether oxygens (including phenoxy) is 2. The SMILES string of the molecule is O=C(CN1C(=O)S/C(=C/c2ccc(OCCOc3ccccc3)cc2)C1=O)c1ccccc1. The second kappa shape index (κ2) is 10.7. The van der Waals surface area contributed by atoms with E-state index in [1.54, 1.807) is 60.7 Å². The lowest BCUT2D eigenvalue weighted by Gasteiger charge is -2.11. The summed E-state index contributed by atoms with van der Waals surface area (Å²) in [7, 11) is 0. The van der Waals surface area contributed by atoms with Crippen LogP contribution >= 0.6 is 11.8 Å². The molecule has 0 bridgehead atoms. The Kier molecular flexibility index (Phi) is 7.22. The quantitative estimate of drug-likeness (QED) is 0.253. The molecule has 1 saturated heterocycles. The Bertz CT molecular complexity index is 1160. The first-order chi connectivity index (χ1) is 16.1. The molecule has 3 aromatic rings. The number of thioether (sulfide) groups is 1. The molecule has 0 saturated carbocycles. The van der Waals surface area contributed by atoms with Crippen LogP contribution in [-0.2, 0) is 4.79 Å². The minimum atomic E-state index is -0.465. The van der Waals surface area contributed by atoms with Crippen molar-refractivity contribution >= 4 is 34.8 Å². The first-order valence-corrected chi connectivity index (χ1v) is 11.2. The predicted octanol–water partition coefficient (Wildman–Crippen LogP) is 5.06. The predicted molar refractivity (Wildman–Crippen MR) is 127 cm³/mol. The number of carbonyl (C=O) groups is 3. The highest BCUT2D eigenvalue weighted by molar-refractivity contribution is 8.18. The molecule has 7 heteroatoms. The summed E-state index contributed by atoms with van der Waals surface area (Å²) in [5.74, 6) is 0.714. The number of Topliss-reactive ketones (excluding diaryl/α,β-unsaturated/α-hetero) is 1. The molecule has 0 aromatic heterocycles. The molecule has 4 rings (SSSR count). The molecule has 0 radical (unpaired) electrons. The summed E-state index contributed by atoms with van der Waals surface area (Å²) in [5, 5.41) is -0.450. The molecule has 1 heterocycles. The fourth-order valence-electron chi connectivity index (χ4n) is 3.14. The van der Waals surface area contributed by atoms with E-state index in [0.29, 0.717) is 24.5 Å². The van der Waals surface area contributed by atoms with Gasteiger partial charge in [-0.3, -0.25) is 19.3 Å². The molecule has 0 aliphatic carbocycles. The summed E-state index contributed by atoms with van der Waals surface area (Å²) in [6.45, 7) is 0.535. The van der Waals surface area contributed by atoms with Crippen LogP contribution in [0.4, 0.5) is 4.79 Å². The molecular weight excluding hydrogens is 438 g/mol. The highest BCUT2D eigenvalue weighted by Gasteiger charge is 2.36. The van der Waals surface area contributed by atoms with E-state index in [1.165, 1.54) is 0 Å². The van der Waals surface area contributed by atoms with Crippen molar-refractivity contribution in [2.24, 2.45) is 0 Å². The summed E-state index contributed by atoms with van der Waals surface area (Å²) >= 11 is 0.831. The van der Waals surface area contributed by atoms with Crippen LogP contribution in [0.25, 0.3) is 6.08 Å². The Labute approximate surface area is 195 Å². The highest BCUT2D eigenvalue weighted by atomic mass is 32.2. The van der Waals surface area contributed by atoms with Crippen LogP contribution in [0.1, 0.15) is 15.9 Å². The van der Waals surface area contributed by atoms with E-state index in [4.69, 9.17) is 9.47 Å². The van der Waals surface area contributed by atoms with Gasteiger partial charge in [-0.15, -0.1) is 0 Å². The Hall–Kier alpha value is -3.84. The number of rotatable bonds is 9. The van der Waals surface area contributed by atoms with Crippen molar-refractivity contribution in [1.29, 1.82) is 0 Å². The van der Waals surface area contributed by atoms with Gasteiger partial charge < -0.3 is 9.47 Å². The number of carbonyl (C=O) groups excluding carboxylic acids is 3. The van der Waals surface area contributed by atoms with Crippen molar-refractivity contribution in [2.75, 3.05) is 19.8 Å². The molecule has 3 aromatic carbocycles. The topological polar surface area (TPSA) is 72.9 Å². The molecule has 1 aliphatic heterocycles. The normalized spacial score (nSPS) is 14.5. The van der Waals surface area contributed by atoms with Gasteiger partial charge in [0.05, 0.1) is 11.4 Å². The molecule has 2 amide bonds. The zero-order chi connectivity index (χ0) is 23.0. The van der Waals surface area contributed by atoms with Crippen LogP contribution in [0, 0.1) is 0 Å². The van der Waals surface area contributed by atoms with Crippen LogP contribution in [-0.4, -0.2) is 41.6 Å². The summed E-state index contributed by atoms with van der Waals surface area (Å²) in [4.78, 5) is 38.6. The summed E-state index contributed by atoms with van der Waals surface area (Å²) in [6, 6.07) is 25.3. The first kappa shape index (κ1) is 22.4. The van der Waals surface area contributed by atoms with E-state index < -0.39 is 11.1 Å². The Morgan fingerprint density at radius 3 is 2.00 bits per heavy atom. The maximum absolute atomic E-state index is 12.7. The van der Waals surface area contributed by atoms with E-state index in [-0.39, 0.29) is 17.2 Å². The number of nitrogens with zero attached hydrogens (tertiary/aromatic N) is 1. The van der Waals surface area contributed by atoms with Crippen molar-refractivity contribution in [1.82, 2.24) is 4.90 Å². The highest BCUT2D eigenvalue weighted by Crippen LogP contribution is 2.32. The van der Waals surface area contributed by atoms with Crippen LogP contribution in [0.15, 0.2) is 89.8 Å². The lowest BCUT2D eigenvalue weighted by molar-refractivity contribution is -0.122. The number of hydrogen-bond donors (Lipinski definition) is 0. The van der Waals surface area contributed by atoms with E-state index in [9.17, 15) is 14.4 Å². The van der Waals surface area contributed by atoms with Gasteiger partial charge in [0.1, 0.15) is 24.7 Å². The number of imide groups is 1. The molecule has 33 heavy (non-hydrogen) atoms. The van der Waals surface area contributed by atoms with Crippen molar-refractivity contribution in [3.63, 3.8) is 0 Å². The van der Waals surface area contributed by atoms with E-state index in [2.05, 4.69) is 0 Å². The standard InChI is InChI=1S/C26H21NO5S/c28-23(20-7-3-1-4-8-20)18-27-25(29)24(33-26(27)30)17-19-11-13-22(14-12-19)32-16-15-31-21-9-5-2-6-10-21/h1-14,17H,15-16,18H2/b24-17+. The van der Waals surface area contributed by atoms with Crippen molar-refractivity contribution < 1.29 is 23.9 Å². The van der Waals surface area contributed by atoms with Gasteiger partial charge in [-0.1, -0.05) is 60.7 Å². The number of hydrogen-bond acceptors (Lipinski definition) is 6. The van der Waals surface area contributed by atoms with Crippen LogP contribution in [0.5, 0.6) is 11.5 Å². The Balaban J connectivity index is 1.31. The van der Waals surface area contributed by atoms with Crippen LogP contribution in [0.3, 0.4) is 0 Å². The van der Waals surface area contributed by atoms with Gasteiger partial charge in [0, 0.05) is 5.56 Å². The van der Waals surface area contributed by atoms with Gasteiger partial charge in [0.25, 0.3) is 11.1 Å². The van der Waals surface area contributed by atoms with Gasteiger partial charge in [0.2, 0.25) is 0 Å². The maximum atomic E-state index is 12.7. The minimum absolute atomic E-state index is 0.274. The van der Waals surface area contributed by atoms with E-state index in [1.807, 2.05) is 30.3 Å². The maximum Gasteiger partial charge on any atom is 0.293 e. The smallest absolute Gasteiger partial charge is 0.293 e. The molecule has 0 N–H and O–H groups in total. The summed E-state index contributed by atoms with van der Waals surface area (Å²) in [5.41, 5.74) is 1.22. The molecule has 0 spiro atoms. The molecule has 1 aliphatic rings. The molecule has 166 valence electrons. The fraction of sp³-hybridized carbons (Fsp3) is 0.115. The average Bonchev–Trinajstić information content (AvgIpc) is 3.11. The van der Waals surface area contributed by atoms with Gasteiger partial charge in [0.15, 0.2) is 5.78 Å². The van der Waals surface area contributed by atoms with Crippen LogP contribution in [0.2, 0.25) is 0 Å². The second-order valence-electron chi connectivity index (χ2n) is 7.14. The van der Waals surface area contributed by atoms with Gasteiger partial charge >= 0.3 is 0 Å². The Morgan fingerprint density at radius 1 is 0.788 bits per heavy atom. The number of amides is 2. The molecule has 0 atom stereocenters. The molecular formula is C26H21NO5S. The fourth-order valence-corrected chi connectivity index (χ4v) is 3.98. The molecule has 0 unspecified atom stereocenters. The third-order valence-corrected chi connectivity index (χ3v) is 5.72. The minimum Gasteiger partial charge on any atom is -0.490 e. The lowest BCUT2D eigenvalue weighted by atomic mass is 10.1. The van der Waals surface area contributed by atoms with Gasteiger partial charge in [-0.25, -0.2) is 0 Å². The monoisotopic (exact) mass is 459 g/mol. The van der Waals surface area contributed by atoms with E-state index >= 15 is 0 Å². The summed E-state index contributed by atoms with van der Waals surface area (Å²) < 4.78 is 11.3. The van der Waals surface area contributed by atoms with E-state index in [0.717, 1.165) is 28.0 Å². The molecule has 1 fully saturated rings. The molecule has 6 nitrogen and oxygen atoms in total. The van der Waals surface area contributed by atoms with Crippen molar-refractivity contribution in [3.8, 4) is 11.5 Å². The largest absolute Gasteiger partial charge is 0.490 e. The average molecular weight is 460 g/mol. The Morgan fingerprint density at radius 2 is 1.36 bits per heavy atom. The van der Waals surface area contributed by atoms with Crippen LogP contribution < -0.4 is 9.47 Å². The first-order valence-electron chi connectivity index (χ1n) is 10.3. The van der Waals surface area contributed by atoms with Crippen molar-refractivity contribution in [3.05, 3.63) is 101 Å². The van der Waals surface area contributed by atoms with Gasteiger partial charge in [-0.2, -0.15) is 0 Å². The third kappa shape index (κ3) is 5.90. The second-order valence-corrected chi connectivity index (χ2v) is 8.13.